The number of hydrogen-bond donors (Lipinski definition) is 3. The first-order valence-corrected chi connectivity index (χ1v) is 34.1. The fraction of sp³-hybridized carbons (Fsp3) is 0.169. The van der Waals surface area contributed by atoms with Crippen molar-refractivity contribution < 1.29 is 63.9 Å². The number of amides is 6. The Morgan fingerprint density at radius 3 is 1.11 bits per heavy atom. The number of rotatable bonds is 12. The molecular formula is C83H67F8N15O6. The van der Waals surface area contributed by atoms with Gasteiger partial charge in [0.05, 0.1) is 67.1 Å². The summed E-state index contributed by atoms with van der Waals surface area (Å²) in [4.78, 5) is 122. The zero-order valence-corrected chi connectivity index (χ0v) is 60.1. The number of hydrogen-bond acceptors (Lipinski definition) is 15. The van der Waals surface area contributed by atoms with Crippen LogP contribution in [0, 0.1) is 25.5 Å². The second-order valence-electron chi connectivity index (χ2n) is 27.3. The molecule has 0 unspecified atom stereocenters. The van der Waals surface area contributed by atoms with Crippen LogP contribution in [0.25, 0.3) is 33.8 Å². The van der Waals surface area contributed by atoms with Crippen LogP contribution in [0.15, 0.2) is 219 Å². The van der Waals surface area contributed by atoms with Crippen molar-refractivity contribution in [2.24, 2.45) is 0 Å². The summed E-state index contributed by atoms with van der Waals surface area (Å²) in [6.45, 7) is 14.2. The maximum Gasteiger partial charge on any atom is 0.418 e. The second kappa shape index (κ2) is 30.4. The van der Waals surface area contributed by atoms with Gasteiger partial charge in [-0.3, -0.25) is 33.8 Å². The fourth-order valence-corrected chi connectivity index (χ4v) is 13.3. The molecule has 9 heterocycles. The van der Waals surface area contributed by atoms with Gasteiger partial charge >= 0.3 is 12.4 Å². The normalized spacial score (nSPS) is 14.1. The van der Waals surface area contributed by atoms with Crippen LogP contribution in [0.4, 0.5) is 87.1 Å². The molecule has 0 bridgehead atoms. The van der Waals surface area contributed by atoms with Crippen molar-refractivity contribution in [1.82, 2.24) is 44.9 Å². The molecule has 6 aromatic heterocycles. The molecule has 0 saturated heterocycles. The molecule has 12 aromatic rings. The molecule has 0 atom stereocenters. The summed E-state index contributed by atoms with van der Waals surface area (Å²) in [6.07, 6.45) is 0.192. The molecule has 29 heteroatoms. The number of benzene rings is 6. The van der Waals surface area contributed by atoms with E-state index in [0.29, 0.717) is 74.1 Å². The number of halogens is 8. The van der Waals surface area contributed by atoms with Gasteiger partial charge < -0.3 is 16.0 Å². The molecule has 0 fully saturated rings. The minimum Gasteiger partial charge on any atom is -0.322 e. The third kappa shape index (κ3) is 15.0. The third-order valence-electron chi connectivity index (χ3n) is 18.7. The van der Waals surface area contributed by atoms with E-state index in [1.807, 2.05) is 51.1 Å². The molecule has 3 aliphatic heterocycles. The minimum absolute atomic E-state index is 0. The number of alkyl halides is 6. The number of nitrogens with zero attached hydrogens (tertiary/aromatic N) is 12. The highest BCUT2D eigenvalue weighted by Gasteiger charge is 2.51. The minimum atomic E-state index is -4.86. The molecule has 6 aromatic carbocycles. The Hall–Kier alpha value is -13.7. The Bertz CT molecular complexity index is 5430. The molecule has 112 heavy (non-hydrogen) atoms. The van der Waals surface area contributed by atoms with E-state index in [2.05, 4.69) is 60.8 Å². The zero-order chi connectivity index (χ0) is 79.2. The first-order chi connectivity index (χ1) is 52.7. The molecule has 566 valence electrons. The molecule has 0 spiro atoms. The van der Waals surface area contributed by atoms with Gasteiger partial charge in [0.1, 0.15) is 23.0 Å². The SMILES string of the molecule is C.CC1(C)C(=O)N(c2ncccn2)c2cccc(-c3ccc(C(F)(F)F)c(C(=O)Nc4ccc(F)cc4)n3)c21.Cc1ccc(-c2cccc3c2C(C)(C)C(=O)N3c2ncccn2)nc1C(=O)Nc1ccc(F)cc1.Cc1ccc(NC(=O)c2cc(-c3cccc4c3C(C)(C)C(=O)N4c3ncccn3)ncc2C(F)(F)F)cc1. The lowest BCUT2D eigenvalue weighted by molar-refractivity contribution is -0.138. The molecule has 15 rings (SSSR count). The topological polar surface area (TPSA) is 264 Å². The summed E-state index contributed by atoms with van der Waals surface area (Å²) < 4.78 is 110. The summed E-state index contributed by atoms with van der Waals surface area (Å²) >= 11 is 0. The number of anilines is 9. The Morgan fingerprint density at radius 1 is 0.384 bits per heavy atom. The van der Waals surface area contributed by atoms with Crippen molar-refractivity contribution in [2.75, 3.05) is 30.7 Å². The van der Waals surface area contributed by atoms with Gasteiger partial charge in [0.25, 0.3) is 17.7 Å². The quantitative estimate of drug-likeness (QED) is 0.0960. The van der Waals surface area contributed by atoms with Gasteiger partial charge in [-0.05, 0) is 182 Å². The van der Waals surface area contributed by atoms with Crippen molar-refractivity contribution in [2.45, 2.75) is 91.4 Å². The van der Waals surface area contributed by atoms with Crippen molar-refractivity contribution in [3.05, 3.63) is 287 Å². The van der Waals surface area contributed by atoms with Crippen LogP contribution in [0.5, 0.6) is 0 Å². The van der Waals surface area contributed by atoms with Gasteiger partial charge in [-0.25, -0.2) is 63.4 Å². The molecular weight excluding hydrogens is 1450 g/mol. The number of pyridine rings is 3. The van der Waals surface area contributed by atoms with Crippen molar-refractivity contribution >= 4 is 87.4 Å². The smallest absolute Gasteiger partial charge is 0.322 e. The number of fused-ring (bicyclic) bond motifs is 3. The Morgan fingerprint density at radius 2 is 0.723 bits per heavy atom. The Kier molecular flexibility index (Phi) is 21.1. The van der Waals surface area contributed by atoms with E-state index in [4.69, 9.17) is 0 Å². The number of nitrogens with one attached hydrogen (secondary N) is 3. The fourth-order valence-electron chi connectivity index (χ4n) is 13.3. The van der Waals surface area contributed by atoms with E-state index in [9.17, 15) is 63.9 Å². The average molecular weight is 1520 g/mol. The highest BCUT2D eigenvalue weighted by atomic mass is 19.4. The predicted octanol–water partition coefficient (Wildman–Crippen LogP) is 17.8. The Balaban J connectivity index is 0.000000155. The molecule has 0 aliphatic carbocycles. The zero-order valence-electron chi connectivity index (χ0n) is 60.1. The highest BCUT2D eigenvalue weighted by Crippen LogP contribution is 2.52. The molecule has 3 N–H and O–H groups in total. The maximum absolute atomic E-state index is 13.9. The van der Waals surface area contributed by atoms with Crippen LogP contribution < -0.4 is 30.7 Å². The largest absolute Gasteiger partial charge is 0.418 e. The van der Waals surface area contributed by atoms with Gasteiger partial charge in [0.15, 0.2) is 0 Å². The summed E-state index contributed by atoms with van der Waals surface area (Å²) in [5, 5.41) is 7.63. The van der Waals surface area contributed by atoms with E-state index in [1.165, 1.54) is 75.9 Å². The standard InChI is InChI=1S/C28H22F3N5O2.C27H19F4N5O2.C27H22FN5O2.CH4/c1-16-8-10-17(11-9-16)35-24(37)19-14-21(34-15-20(19)28(29,30)31)18-6-4-7-22-23(18)27(2,3)25(38)36(22)26-32-12-5-13-33-26;1-26(2)21-17(5-3-6-20(21)36(24(26)38)25-32-13-4-14-33-25)19-12-11-18(27(29,30)31)22(35-19)23(37)34-16-9-7-15(28)8-10-16;1-16-8-13-20(32-23(16)24(34)31-18-11-9-17(28)10-12-18)19-6-4-7-21-22(19)27(2,3)25(35)33(21)26-29-14-5-15-30-26;/h4-15H,1-3H3,(H,35,37);3-14H,1-2H3,(H,34,37);4-15H,1-3H3,(H,31,34);1H4. The first kappa shape index (κ1) is 77.9. The third-order valence-corrected chi connectivity index (χ3v) is 18.7. The summed E-state index contributed by atoms with van der Waals surface area (Å²) in [5.41, 5.74) is 1.73. The number of carbonyl (C=O) groups is 6. The van der Waals surface area contributed by atoms with Crippen molar-refractivity contribution in [1.29, 1.82) is 0 Å². The second-order valence-corrected chi connectivity index (χ2v) is 27.3. The van der Waals surface area contributed by atoms with E-state index < -0.39 is 74.5 Å². The Labute approximate surface area is 636 Å². The van der Waals surface area contributed by atoms with E-state index >= 15 is 0 Å². The van der Waals surface area contributed by atoms with Crippen molar-refractivity contribution in [3.63, 3.8) is 0 Å². The summed E-state index contributed by atoms with van der Waals surface area (Å²) in [7, 11) is 0. The van der Waals surface area contributed by atoms with Crippen LogP contribution in [0.3, 0.4) is 0 Å². The summed E-state index contributed by atoms with van der Waals surface area (Å²) in [6, 6.07) is 44.1. The first-order valence-electron chi connectivity index (χ1n) is 34.1. The van der Waals surface area contributed by atoms with Gasteiger partial charge in [0, 0.05) is 93.8 Å². The molecule has 0 radical (unpaired) electrons. The highest BCUT2D eigenvalue weighted by molar-refractivity contribution is 6.16. The monoisotopic (exact) mass is 1520 g/mol. The number of carbonyl (C=O) groups excluding carboxylic acids is 6. The molecule has 21 nitrogen and oxygen atoms in total. The lowest BCUT2D eigenvalue weighted by Gasteiger charge is -2.20. The van der Waals surface area contributed by atoms with Crippen molar-refractivity contribution in [3.8, 4) is 33.8 Å². The van der Waals surface area contributed by atoms with E-state index in [1.54, 1.807) is 126 Å². The van der Waals surface area contributed by atoms with E-state index in [0.717, 1.165) is 47.0 Å². The van der Waals surface area contributed by atoms with Crippen LogP contribution in [0.1, 0.15) is 119 Å². The van der Waals surface area contributed by atoms with Crippen LogP contribution >= 0.6 is 0 Å². The summed E-state index contributed by atoms with van der Waals surface area (Å²) in [5.74, 6) is -3.53. The molecule has 3 aliphatic rings. The maximum atomic E-state index is 13.9. The lowest BCUT2D eigenvalue weighted by Crippen LogP contribution is -2.34. The van der Waals surface area contributed by atoms with E-state index in [-0.39, 0.29) is 65.6 Å². The predicted molar refractivity (Wildman–Crippen MR) is 405 cm³/mol. The van der Waals surface area contributed by atoms with Gasteiger partial charge in [-0.15, -0.1) is 0 Å². The number of aromatic nitrogens is 9. The van der Waals surface area contributed by atoms with Crippen LogP contribution in [-0.4, -0.2) is 80.3 Å². The van der Waals surface area contributed by atoms with Gasteiger partial charge in [-0.2, -0.15) is 26.3 Å². The number of aryl methyl sites for hydroxylation is 2. The average Bonchev–Trinajstić information content (AvgIpc) is 1.58. The van der Waals surface area contributed by atoms with Crippen LogP contribution in [-0.2, 0) is 43.0 Å². The lowest BCUT2D eigenvalue weighted by atomic mass is 9.82. The molecule has 6 amide bonds. The van der Waals surface area contributed by atoms with Gasteiger partial charge in [0.2, 0.25) is 35.6 Å². The molecule has 0 saturated carbocycles. The van der Waals surface area contributed by atoms with Gasteiger partial charge in [-0.1, -0.05) is 67.6 Å². The van der Waals surface area contributed by atoms with Crippen LogP contribution in [0.2, 0.25) is 0 Å².